The molecule has 2 atom stereocenters. The summed E-state index contributed by atoms with van der Waals surface area (Å²) >= 11 is 0. The average Bonchev–Trinajstić information content (AvgIpc) is 2.86. The number of hydrogen-bond donors (Lipinski definition) is 1. The zero-order valence-corrected chi connectivity index (χ0v) is 12.6. The van der Waals surface area contributed by atoms with Gasteiger partial charge in [-0.15, -0.1) is 0 Å². The molecule has 0 bridgehead atoms. The summed E-state index contributed by atoms with van der Waals surface area (Å²) in [6.45, 7) is 7.86. The first-order valence-corrected chi connectivity index (χ1v) is 7.49. The van der Waals surface area contributed by atoms with Gasteiger partial charge in [-0.05, 0) is 47.2 Å². The van der Waals surface area contributed by atoms with Crippen LogP contribution in [0.25, 0.3) is 0 Å². The third-order valence-electron chi connectivity index (χ3n) is 4.18. The second kappa shape index (κ2) is 6.53. The van der Waals surface area contributed by atoms with Crippen molar-refractivity contribution in [3.05, 3.63) is 17.8 Å². The molecule has 0 saturated carbocycles. The highest BCUT2D eigenvalue weighted by Crippen LogP contribution is 2.23. The molecule has 2 rings (SSSR count). The predicted molar refractivity (Wildman–Crippen MR) is 77.2 cm³/mol. The van der Waals surface area contributed by atoms with E-state index in [4.69, 9.17) is 4.42 Å². The first kappa shape index (κ1) is 14.5. The van der Waals surface area contributed by atoms with Gasteiger partial charge in [0.2, 0.25) is 0 Å². The molecule has 0 aliphatic carbocycles. The van der Waals surface area contributed by atoms with Gasteiger partial charge in [-0.2, -0.15) is 0 Å². The number of piperidine rings is 1. The molecule has 1 aliphatic heterocycles. The van der Waals surface area contributed by atoms with Crippen LogP contribution in [0.5, 0.6) is 0 Å². The van der Waals surface area contributed by atoms with Gasteiger partial charge in [-0.1, -0.05) is 6.42 Å². The van der Waals surface area contributed by atoms with E-state index in [-0.39, 0.29) is 6.04 Å². The van der Waals surface area contributed by atoms with Crippen molar-refractivity contribution in [3.8, 4) is 0 Å². The lowest BCUT2D eigenvalue weighted by molar-refractivity contribution is 0.106. The molecule has 2 heterocycles. The highest BCUT2D eigenvalue weighted by molar-refractivity contribution is 5.01. The van der Waals surface area contributed by atoms with E-state index >= 15 is 0 Å². The smallest absolute Gasteiger partial charge is 0.196 e. The fourth-order valence-electron chi connectivity index (χ4n) is 2.88. The Balaban J connectivity index is 2.00. The Morgan fingerprint density at radius 1 is 1.42 bits per heavy atom. The minimum atomic E-state index is 0.230. The van der Waals surface area contributed by atoms with E-state index in [1.165, 1.54) is 25.8 Å². The van der Waals surface area contributed by atoms with Gasteiger partial charge in [-0.3, -0.25) is 4.90 Å². The van der Waals surface area contributed by atoms with Gasteiger partial charge < -0.3 is 9.73 Å². The quantitative estimate of drug-likeness (QED) is 0.889. The van der Waals surface area contributed by atoms with Gasteiger partial charge in [0.1, 0.15) is 5.76 Å². The van der Waals surface area contributed by atoms with Gasteiger partial charge in [0.15, 0.2) is 5.89 Å². The van der Waals surface area contributed by atoms with E-state index in [2.05, 4.69) is 36.0 Å². The zero-order chi connectivity index (χ0) is 13.8. The molecular weight excluding hydrogens is 238 g/mol. The fraction of sp³-hybridized carbons (Fsp3) is 0.800. The van der Waals surface area contributed by atoms with Crippen molar-refractivity contribution in [1.29, 1.82) is 0 Å². The van der Waals surface area contributed by atoms with Crippen molar-refractivity contribution in [1.82, 2.24) is 15.2 Å². The van der Waals surface area contributed by atoms with Gasteiger partial charge in [-0.25, -0.2) is 4.98 Å². The van der Waals surface area contributed by atoms with Crippen LogP contribution in [0.2, 0.25) is 0 Å². The van der Waals surface area contributed by atoms with E-state index in [1.807, 2.05) is 13.2 Å². The number of rotatable bonds is 5. The number of likely N-dealkylation sites (tertiary alicyclic amines) is 1. The van der Waals surface area contributed by atoms with Crippen LogP contribution in [0.4, 0.5) is 0 Å². The Morgan fingerprint density at radius 3 is 2.89 bits per heavy atom. The molecule has 1 aromatic rings. The van der Waals surface area contributed by atoms with Crippen molar-refractivity contribution in [2.45, 2.75) is 64.6 Å². The highest BCUT2D eigenvalue weighted by atomic mass is 16.4. The number of hydrogen-bond acceptors (Lipinski definition) is 4. The van der Waals surface area contributed by atoms with Gasteiger partial charge in [0.25, 0.3) is 0 Å². The summed E-state index contributed by atoms with van der Waals surface area (Å²) in [6, 6.07) is 1.43. The Kier molecular flexibility index (Phi) is 4.99. The minimum Gasteiger partial charge on any atom is -0.444 e. The van der Waals surface area contributed by atoms with E-state index in [0.29, 0.717) is 12.1 Å². The summed E-state index contributed by atoms with van der Waals surface area (Å²) in [7, 11) is 1.94. The Hall–Kier alpha value is -0.870. The van der Waals surface area contributed by atoms with Crippen molar-refractivity contribution in [3.63, 3.8) is 0 Å². The third-order valence-corrected chi connectivity index (χ3v) is 4.18. The number of aromatic nitrogens is 1. The molecule has 1 saturated heterocycles. The average molecular weight is 265 g/mol. The predicted octanol–water partition coefficient (Wildman–Crippen LogP) is 2.76. The molecule has 4 nitrogen and oxygen atoms in total. The van der Waals surface area contributed by atoms with Gasteiger partial charge >= 0.3 is 0 Å². The lowest BCUT2D eigenvalue weighted by Gasteiger charge is -2.38. The third kappa shape index (κ3) is 3.57. The summed E-state index contributed by atoms with van der Waals surface area (Å²) in [5.74, 6) is 1.82. The maximum absolute atomic E-state index is 5.87. The highest BCUT2D eigenvalue weighted by Gasteiger charge is 2.26. The van der Waals surface area contributed by atoms with E-state index in [9.17, 15) is 0 Å². The summed E-state index contributed by atoms with van der Waals surface area (Å²) in [6.07, 6.45) is 6.71. The number of nitrogens with zero attached hydrogens (tertiary/aromatic N) is 2. The van der Waals surface area contributed by atoms with Crippen LogP contribution in [-0.4, -0.2) is 35.6 Å². The van der Waals surface area contributed by atoms with Gasteiger partial charge in [0, 0.05) is 18.5 Å². The SMILES string of the molecule is CNC(C)c1cnc(CC2CCCCN2C(C)C)o1. The molecule has 1 aromatic heterocycles. The summed E-state index contributed by atoms with van der Waals surface area (Å²) in [4.78, 5) is 7.03. The number of nitrogens with one attached hydrogen (secondary N) is 1. The Labute approximate surface area is 116 Å². The maximum Gasteiger partial charge on any atom is 0.196 e. The van der Waals surface area contributed by atoms with Crippen molar-refractivity contribution in [2.75, 3.05) is 13.6 Å². The molecule has 2 unspecified atom stereocenters. The second-order valence-electron chi connectivity index (χ2n) is 5.85. The summed E-state index contributed by atoms with van der Waals surface area (Å²) < 4.78 is 5.87. The molecular formula is C15H27N3O. The monoisotopic (exact) mass is 265 g/mol. The van der Waals surface area contributed by atoms with E-state index < -0.39 is 0 Å². The zero-order valence-electron chi connectivity index (χ0n) is 12.6. The molecule has 1 fully saturated rings. The van der Waals surface area contributed by atoms with Crippen LogP contribution in [-0.2, 0) is 6.42 Å². The molecule has 0 radical (unpaired) electrons. The van der Waals surface area contributed by atoms with Gasteiger partial charge in [0.05, 0.1) is 12.2 Å². The molecule has 0 aromatic carbocycles. The Morgan fingerprint density at radius 2 is 2.21 bits per heavy atom. The normalized spacial score (nSPS) is 22.9. The molecule has 19 heavy (non-hydrogen) atoms. The molecule has 108 valence electrons. The molecule has 1 aliphatic rings. The van der Waals surface area contributed by atoms with E-state index in [1.54, 1.807) is 0 Å². The first-order valence-electron chi connectivity index (χ1n) is 7.49. The molecule has 1 N–H and O–H groups in total. The second-order valence-corrected chi connectivity index (χ2v) is 5.85. The maximum atomic E-state index is 5.87. The molecule has 4 heteroatoms. The van der Waals surface area contributed by atoms with Crippen LogP contribution in [0.3, 0.4) is 0 Å². The Bertz CT molecular complexity index is 388. The van der Waals surface area contributed by atoms with Crippen LogP contribution in [0, 0.1) is 0 Å². The lowest BCUT2D eigenvalue weighted by Crippen LogP contribution is -2.45. The first-order chi connectivity index (χ1) is 9.11. The number of oxazole rings is 1. The standard InChI is InChI=1S/C15H27N3O/c1-11(2)18-8-6-5-7-13(18)9-15-17-10-14(19-15)12(3)16-4/h10-13,16H,5-9H2,1-4H3. The minimum absolute atomic E-state index is 0.230. The van der Waals surface area contributed by atoms with Crippen molar-refractivity contribution in [2.24, 2.45) is 0 Å². The van der Waals surface area contributed by atoms with E-state index in [0.717, 1.165) is 18.1 Å². The largest absolute Gasteiger partial charge is 0.444 e. The molecule has 0 spiro atoms. The lowest BCUT2D eigenvalue weighted by atomic mass is 9.98. The topological polar surface area (TPSA) is 41.3 Å². The summed E-state index contributed by atoms with van der Waals surface area (Å²) in [5.41, 5.74) is 0. The van der Waals surface area contributed by atoms with Crippen LogP contribution in [0.1, 0.15) is 57.7 Å². The molecule has 0 amide bonds. The van der Waals surface area contributed by atoms with Crippen LogP contribution < -0.4 is 5.32 Å². The van der Waals surface area contributed by atoms with Crippen molar-refractivity contribution >= 4 is 0 Å². The van der Waals surface area contributed by atoms with Crippen LogP contribution in [0.15, 0.2) is 10.6 Å². The summed E-state index contributed by atoms with van der Waals surface area (Å²) in [5, 5.41) is 3.18. The fourth-order valence-corrected chi connectivity index (χ4v) is 2.88. The van der Waals surface area contributed by atoms with Crippen molar-refractivity contribution < 1.29 is 4.42 Å². The van der Waals surface area contributed by atoms with Crippen LogP contribution >= 0.6 is 0 Å².